The van der Waals surface area contributed by atoms with Gasteiger partial charge in [-0.25, -0.2) is 0 Å². The van der Waals surface area contributed by atoms with Gasteiger partial charge in [-0.3, -0.25) is 0 Å². The summed E-state index contributed by atoms with van der Waals surface area (Å²) < 4.78 is 2.45. The van der Waals surface area contributed by atoms with E-state index in [0.717, 1.165) is 0 Å². The summed E-state index contributed by atoms with van der Waals surface area (Å²) in [5.41, 5.74) is 17.1. The first-order chi connectivity index (χ1) is 21.2. The number of hydrogen-bond donors (Lipinski definition) is 0. The van der Waals surface area contributed by atoms with Gasteiger partial charge in [0.15, 0.2) is 0 Å². The van der Waals surface area contributed by atoms with Gasteiger partial charge in [0, 0.05) is 27.3 Å². The van der Waals surface area contributed by atoms with Gasteiger partial charge in [0.05, 0.1) is 11.0 Å². The first-order valence-corrected chi connectivity index (χ1v) is 15.7. The Morgan fingerprint density at radius 3 is 2.14 bits per heavy atom. The number of fused-ring (bicyclic) bond motifs is 8. The molecule has 0 amide bonds. The van der Waals surface area contributed by atoms with E-state index in [2.05, 4.69) is 161 Å². The van der Waals surface area contributed by atoms with Crippen LogP contribution in [0.15, 0.2) is 134 Å². The number of hydrogen-bond acceptors (Lipinski definition) is 0. The molecule has 0 radical (unpaired) electrons. The van der Waals surface area contributed by atoms with Gasteiger partial charge in [0.1, 0.15) is 0 Å². The molecule has 6 aromatic rings. The van der Waals surface area contributed by atoms with Crippen LogP contribution >= 0.6 is 0 Å². The van der Waals surface area contributed by atoms with Gasteiger partial charge in [0.25, 0.3) is 0 Å². The maximum Gasteiger partial charge on any atom is 0.0544 e. The number of allylic oxidation sites excluding steroid dienone is 5. The number of benzene rings is 5. The molecule has 2 aliphatic carbocycles. The van der Waals surface area contributed by atoms with Crippen LogP contribution in [0, 0.1) is 0 Å². The van der Waals surface area contributed by atoms with Crippen LogP contribution in [-0.4, -0.2) is 4.57 Å². The maximum atomic E-state index is 3.88. The second kappa shape index (κ2) is 9.31. The molecule has 0 bridgehead atoms. The van der Waals surface area contributed by atoms with Crippen LogP contribution in [0.5, 0.6) is 0 Å². The predicted molar refractivity (Wildman–Crippen MR) is 189 cm³/mol. The molecule has 0 unspecified atom stereocenters. The van der Waals surface area contributed by atoms with Crippen LogP contribution in [-0.2, 0) is 10.8 Å². The summed E-state index contributed by atoms with van der Waals surface area (Å²) in [6.45, 7) is 15.5. The van der Waals surface area contributed by atoms with E-state index in [1.54, 1.807) is 0 Å². The topological polar surface area (TPSA) is 4.93 Å². The highest BCUT2D eigenvalue weighted by molar-refractivity contribution is 6.14. The average molecular weight is 568 g/mol. The van der Waals surface area contributed by atoms with Gasteiger partial charge in [-0.2, -0.15) is 0 Å². The Hall–Kier alpha value is -4.88. The summed E-state index contributed by atoms with van der Waals surface area (Å²) in [6.07, 6.45) is 6.13. The lowest BCUT2D eigenvalue weighted by atomic mass is 9.80. The Morgan fingerprint density at radius 2 is 1.34 bits per heavy atom. The van der Waals surface area contributed by atoms with Crippen molar-refractivity contribution >= 4 is 27.4 Å². The van der Waals surface area contributed by atoms with E-state index in [-0.39, 0.29) is 10.8 Å². The molecule has 0 N–H and O–H groups in total. The third-order valence-electron chi connectivity index (χ3n) is 10.4. The van der Waals surface area contributed by atoms with Crippen LogP contribution in [0.4, 0.5) is 0 Å². The molecule has 0 aliphatic heterocycles. The maximum absolute atomic E-state index is 3.88. The van der Waals surface area contributed by atoms with Crippen molar-refractivity contribution < 1.29 is 0 Å². The molecule has 0 saturated carbocycles. The van der Waals surface area contributed by atoms with Gasteiger partial charge < -0.3 is 4.57 Å². The van der Waals surface area contributed by atoms with Crippen LogP contribution in [0.1, 0.15) is 56.9 Å². The number of aromatic nitrogens is 1. The number of nitrogens with zero attached hydrogens (tertiary/aromatic N) is 1. The summed E-state index contributed by atoms with van der Waals surface area (Å²) in [5.74, 6) is 0. The fourth-order valence-electron chi connectivity index (χ4n) is 8.25. The summed E-state index contributed by atoms with van der Waals surface area (Å²) in [5, 5.41) is 2.68. The largest absolute Gasteiger partial charge is 0.309 e. The van der Waals surface area contributed by atoms with Gasteiger partial charge in [0.2, 0.25) is 0 Å². The zero-order valence-electron chi connectivity index (χ0n) is 26.2. The first kappa shape index (κ1) is 26.7. The SMILES string of the molecule is C=C/C=C\C1=C(C)c2cc(-c3ccc(-n4c5ccccc5c5c6c(ccc54)-c4ccccc4C6(C)C)cc3)ccc2C1(C)C. The molecule has 0 spiro atoms. The second-order valence-corrected chi connectivity index (χ2v) is 13.5. The monoisotopic (exact) mass is 567 g/mol. The van der Waals surface area contributed by atoms with E-state index in [0.29, 0.717) is 0 Å². The molecule has 1 heteroatoms. The molecule has 1 nitrogen and oxygen atoms in total. The number of rotatable bonds is 4. The zero-order valence-corrected chi connectivity index (χ0v) is 26.2. The highest BCUT2D eigenvalue weighted by Gasteiger charge is 2.38. The molecule has 8 rings (SSSR count). The molecule has 1 aromatic heterocycles. The lowest BCUT2D eigenvalue weighted by Gasteiger charge is -2.23. The van der Waals surface area contributed by atoms with Crippen molar-refractivity contribution in [2.24, 2.45) is 0 Å². The molecular weight excluding hydrogens is 530 g/mol. The fraction of sp³-hybridized carbons (Fsp3) is 0.163. The summed E-state index contributed by atoms with van der Waals surface area (Å²) in [4.78, 5) is 0. The smallest absolute Gasteiger partial charge is 0.0544 e. The highest BCUT2D eigenvalue weighted by Crippen LogP contribution is 2.53. The average Bonchev–Trinajstić information content (AvgIpc) is 3.56. The molecular formula is C43H37N. The van der Waals surface area contributed by atoms with Gasteiger partial charge >= 0.3 is 0 Å². The highest BCUT2D eigenvalue weighted by atomic mass is 15.0. The van der Waals surface area contributed by atoms with Crippen molar-refractivity contribution in [1.82, 2.24) is 4.57 Å². The predicted octanol–water partition coefficient (Wildman–Crippen LogP) is 11.6. The molecule has 0 fully saturated rings. The molecule has 1 heterocycles. The molecule has 0 atom stereocenters. The molecule has 44 heavy (non-hydrogen) atoms. The lowest BCUT2D eigenvalue weighted by Crippen LogP contribution is -2.16. The Labute approximate surface area is 260 Å². The van der Waals surface area contributed by atoms with Crippen molar-refractivity contribution in [1.29, 1.82) is 0 Å². The van der Waals surface area contributed by atoms with E-state index in [1.807, 2.05) is 6.08 Å². The van der Waals surface area contributed by atoms with E-state index >= 15 is 0 Å². The molecule has 2 aliphatic rings. The van der Waals surface area contributed by atoms with Crippen LogP contribution in [0.25, 0.3) is 55.3 Å². The van der Waals surface area contributed by atoms with E-state index in [1.165, 1.54) is 83.1 Å². The Morgan fingerprint density at radius 1 is 0.636 bits per heavy atom. The van der Waals surface area contributed by atoms with E-state index in [9.17, 15) is 0 Å². The third kappa shape index (κ3) is 3.53. The Kier molecular flexibility index (Phi) is 5.65. The van der Waals surface area contributed by atoms with Gasteiger partial charge in [-0.15, -0.1) is 0 Å². The quantitative estimate of drug-likeness (QED) is 0.187. The van der Waals surface area contributed by atoms with E-state index < -0.39 is 0 Å². The van der Waals surface area contributed by atoms with Crippen LogP contribution in [0.3, 0.4) is 0 Å². The van der Waals surface area contributed by atoms with E-state index in [4.69, 9.17) is 0 Å². The summed E-state index contributed by atoms with van der Waals surface area (Å²) in [6, 6.07) is 38.6. The minimum absolute atomic E-state index is 0.0199. The molecule has 0 saturated heterocycles. The standard InChI is InChI=1S/C43H37N/c1-7-8-15-35-27(2)34-26-29(20-24-37(34)42(35,3)4)28-18-21-30(22-19-28)44-38-17-12-10-14-33(38)40-39(44)25-23-32-31-13-9-11-16-36(31)43(5,6)41(32)40/h7-26H,1H2,2-6H3/b15-8-. The van der Waals surface area contributed by atoms with Gasteiger partial charge in [-0.05, 0) is 92.9 Å². The van der Waals surface area contributed by atoms with Crippen molar-refractivity contribution in [3.8, 4) is 27.9 Å². The van der Waals surface area contributed by atoms with Crippen molar-refractivity contribution in [3.05, 3.63) is 156 Å². The van der Waals surface area contributed by atoms with Gasteiger partial charge in [-0.1, -0.05) is 125 Å². The summed E-state index contributed by atoms with van der Waals surface area (Å²) in [7, 11) is 0. The summed E-state index contributed by atoms with van der Waals surface area (Å²) >= 11 is 0. The van der Waals surface area contributed by atoms with Crippen molar-refractivity contribution in [3.63, 3.8) is 0 Å². The van der Waals surface area contributed by atoms with Crippen molar-refractivity contribution in [2.75, 3.05) is 0 Å². The first-order valence-electron chi connectivity index (χ1n) is 15.7. The van der Waals surface area contributed by atoms with Crippen LogP contribution < -0.4 is 0 Å². The minimum Gasteiger partial charge on any atom is -0.309 e. The van der Waals surface area contributed by atoms with Crippen molar-refractivity contribution in [2.45, 2.75) is 45.4 Å². The fourth-order valence-corrected chi connectivity index (χ4v) is 8.25. The normalized spacial score (nSPS) is 16.1. The van der Waals surface area contributed by atoms with Crippen LogP contribution in [0.2, 0.25) is 0 Å². The zero-order chi connectivity index (χ0) is 30.4. The minimum atomic E-state index is -0.0691. The number of para-hydroxylation sites is 1. The molecule has 5 aromatic carbocycles. The lowest BCUT2D eigenvalue weighted by molar-refractivity contribution is 0.654. The molecule has 214 valence electrons. The second-order valence-electron chi connectivity index (χ2n) is 13.5. The Balaban J connectivity index is 1.26. The third-order valence-corrected chi connectivity index (χ3v) is 10.4. The Bertz CT molecular complexity index is 2230.